The molecule has 0 spiro atoms. The van der Waals surface area contributed by atoms with Crippen molar-refractivity contribution in [3.63, 3.8) is 0 Å². The topological polar surface area (TPSA) is 50.2 Å². The van der Waals surface area contributed by atoms with Gasteiger partial charge in [-0.25, -0.2) is 0 Å². The van der Waals surface area contributed by atoms with Crippen LogP contribution in [0.4, 0.5) is 0 Å². The van der Waals surface area contributed by atoms with Crippen LogP contribution < -0.4 is 5.32 Å². The third-order valence-corrected chi connectivity index (χ3v) is 3.50. The Bertz CT molecular complexity index is 411. The van der Waals surface area contributed by atoms with Gasteiger partial charge in [-0.2, -0.15) is 5.10 Å². The van der Waals surface area contributed by atoms with Gasteiger partial charge in [-0.3, -0.25) is 9.48 Å². The number of rotatable bonds is 4. The fraction of sp³-hybridized carbons (Fsp3) is 0.692. The number of carbonyl (C=O) groups is 1. The molecular formula is C13H24Cl2N4O. The molecule has 1 N–H and O–H groups in total. The number of aryl methyl sites for hydroxylation is 2. The van der Waals surface area contributed by atoms with Gasteiger partial charge >= 0.3 is 0 Å². The van der Waals surface area contributed by atoms with Crippen molar-refractivity contribution in [3.05, 3.63) is 18.0 Å². The van der Waals surface area contributed by atoms with E-state index in [9.17, 15) is 4.79 Å². The van der Waals surface area contributed by atoms with Gasteiger partial charge in [-0.05, 0) is 32.4 Å². The first-order valence-corrected chi connectivity index (χ1v) is 6.63. The van der Waals surface area contributed by atoms with Gasteiger partial charge in [0.2, 0.25) is 5.91 Å². The summed E-state index contributed by atoms with van der Waals surface area (Å²) < 4.78 is 1.84. The van der Waals surface area contributed by atoms with E-state index < -0.39 is 0 Å². The molecule has 7 heteroatoms. The summed E-state index contributed by atoms with van der Waals surface area (Å²) in [6.45, 7) is 4.42. The summed E-state index contributed by atoms with van der Waals surface area (Å²) in [7, 11) is 1.96. The van der Waals surface area contributed by atoms with Crippen molar-refractivity contribution in [1.29, 1.82) is 0 Å². The molecule has 1 unspecified atom stereocenters. The zero-order chi connectivity index (χ0) is 13.0. The molecule has 1 aromatic rings. The van der Waals surface area contributed by atoms with Crippen LogP contribution in [0.15, 0.2) is 12.4 Å². The van der Waals surface area contributed by atoms with E-state index in [0.717, 1.165) is 25.1 Å². The van der Waals surface area contributed by atoms with Crippen LogP contribution in [-0.2, 0) is 11.3 Å². The van der Waals surface area contributed by atoms with Gasteiger partial charge in [-0.1, -0.05) is 0 Å². The number of likely N-dealkylation sites (N-methyl/N-ethyl adjacent to an activating group) is 1. The highest BCUT2D eigenvalue weighted by Crippen LogP contribution is 2.11. The fourth-order valence-corrected chi connectivity index (χ4v) is 2.40. The van der Waals surface area contributed by atoms with Crippen molar-refractivity contribution in [1.82, 2.24) is 20.0 Å². The Morgan fingerprint density at radius 3 is 2.85 bits per heavy atom. The van der Waals surface area contributed by atoms with E-state index in [1.165, 1.54) is 6.42 Å². The maximum atomic E-state index is 12.1. The number of nitrogens with zero attached hydrogens (tertiary/aromatic N) is 3. The Morgan fingerprint density at radius 2 is 2.25 bits per heavy atom. The van der Waals surface area contributed by atoms with E-state index in [4.69, 9.17) is 0 Å². The van der Waals surface area contributed by atoms with Crippen molar-refractivity contribution in [2.24, 2.45) is 0 Å². The average molecular weight is 323 g/mol. The Hall–Kier alpha value is -0.780. The molecule has 0 radical (unpaired) electrons. The highest BCUT2D eigenvalue weighted by Gasteiger charge is 2.22. The Balaban J connectivity index is 0.00000180. The number of carbonyl (C=O) groups excluding carboxylic acids is 1. The summed E-state index contributed by atoms with van der Waals surface area (Å²) in [5.41, 5.74) is 1.13. The van der Waals surface area contributed by atoms with Crippen LogP contribution in [0.5, 0.6) is 0 Å². The Labute approximate surface area is 132 Å². The van der Waals surface area contributed by atoms with Crippen molar-refractivity contribution in [2.75, 3.05) is 20.1 Å². The van der Waals surface area contributed by atoms with Crippen molar-refractivity contribution >= 4 is 30.7 Å². The zero-order valence-corrected chi connectivity index (χ0v) is 13.7. The smallest absolute Gasteiger partial charge is 0.224 e. The molecular weight excluding hydrogens is 299 g/mol. The fourth-order valence-electron chi connectivity index (χ4n) is 2.40. The molecule has 1 aliphatic rings. The standard InChI is InChI=1S/C13H22N4O.2ClH/c1-11-8-15-17(9-11)7-5-13(18)16-6-3-4-12(10-16)14-2;;/h8-9,12,14H,3-7,10H2,1-2H3;2*1H. The van der Waals surface area contributed by atoms with Crippen LogP contribution >= 0.6 is 24.8 Å². The molecule has 1 aliphatic heterocycles. The van der Waals surface area contributed by atoms with Crippen LogP contribution in [0.3, 0.4) is 0 Å². The summed E-state index contributed by atoms with van der Waals surface area (Å²) in [5, 5.41) is 7.45. The van der Waals surface area contributed by atoms with E-state index in [-0.39, 0.29) is 30.7 Å². The number of hydrogen-bond acceptors (Lipinski definition) is 3. The van der Waals surface area contributed by atoms with E-state index in [2.05, 4.69) is 10.4 Å². The normalized spacial score (nSPS) is 18.1. The summed E-state index contributed by atoms with van der Waals surface area (Å²) in [6.07, 6.45) is 6.59. The van der Waals surface area contributed by atoms with Gasteiger partial charge < -0.3 is 10.2 Å². The Morgan fingerprint density at radius 1 is 1.50 bits per heavy atom. The molecule has 1 saturated heterocycles. The lowest BCUT2D eigenvalue weighted by Gasteiger charge is -2.32. The molecule has 1 aromatic heterocycles. The highest BCUT2D eigenvalue weighted by molar-refractivity contribution is 5.85. The van der Waals surface area contributed by atoms with Gasteiger partial charge in [0.05, 0.1) is 6.20 Å². The first-order valence-electron chi connectivity index (χ1n) is 6.63. The minimum Gasteiger partial charge on any atom is -0.341 e. The predicted molar refractivity (Wildman–Crippen MR) is 84.7 cm³/mol. The van der Waals surface area contributed by atoms with Crippen LogP contribution in [-0.4, -0.2) is 46.8 Å². The molecule has 0 saturated carbocycles. The van der Waals surface area contributed by atoms with Gasteiger partial charge in [0.1, 0.15) is 0 Å². The van der Waals surface area contributed by atoms with Gasteiger partial charge in [0, 0.05) is 38.3 Å². The second-order valence-electron chi connectivity index (χ2n) is 5.00. The molecule has 2 heterocycles. The van der Waals surface area contributed by atoms with Gasteiger partial charge in [0.25, 0.3) is 0 Å². The molecule has 20 heavy (non-hydrogen) atoms. The Kier molecular flexibility index (Phi) is 8.85. The maximum absolute atomic E-state index is 12.1. The van der Waals surface area contributed by atoms with Crippen LogP contribution in [0.25, 0.3) is 0 Å². The summed E-state index contributed by atoms with van der Waals surface area (Å²) in [4.78, 5) is 14.1. The summed E-state index contributed by atoms with van der Waals surface area (Å²) in [5.74, 6) is 0.239. The van der Waals surface area contributed by atoms with Gasteiger partial charge in [0.15, 0.2) is 0 Å². The lowest BCUT2D eigenvalue weighted by molar-refractivity contribution is -0.132. The molecule has 0 aromatic carbocycles. The number of halogens is 2. The lowest BCUT2D eigenvalue weighted by Crippen LogP contribution is -2.47. The molecule has 0 bridgehead atoms. The second kappa shape index (κ2) is 9.21. The van der Waals surface area contributed by atoms with Crippen LogP contribution in [0.1, 0.15) is 24.8 Å². The second-order valence-corrected chi connectivity index (χ2v) is 5.00. The van der Waals surface area contributed by atoms with Crippen molar-refractivity contribution in [2.45, 2.75) is 38.8 Å². The minimum absolute atomic E-state index is 0. The first kappa shape index (κ1) is 19.2. The number of amides is 1. The average Bonchev–Trinajstić information content (AvgIpc) is 2.82. The molecule has 116 valence electrons. The van der Waals surface area contributed by atoms with Crippen molar-refractivity contribution in [3.8, 4) is 0 Å². The van der Waals surface area contributed by atoms with Crippen LogP contribution in [0, 0.1) is 6.92 Å². The van der Waals surface area contributed by atoms with E-state index >= 15 is 0 Å². The number of likely N-dealkylation sites (tertiary alicyclic amines) is 1. The third kappa shape index (κ3) is 5.31. The SMILES string of the molecule is CNC1CCCN(C(=O)CCn2cc(C)cn2)C1.Cl.Cl. The molecule has 1 atom stereocenters. The molecule has 0 aliphatic carbocycles. The van der Waals surface area contributed by atoms with E-state index in [1.54, 1.807) is 0 Å². The maximum Gasteiger partial charge on any atom is 0.224 e. The largest absolute Gasteiger partial charge is 0.341 e. The summed E-state index contributed by atoms with van der Waals surface area (Å²) >= 11 is 0. The first-order chi connectivity index (χ1) is 8.69. The quantitative estimate of drug-likeness (QED) is 0.916. The monoisotopic (exact) mass is 322 g/mol. The van der Waals surface area contributed by atoms with E-state index in [1.807, 2.05) is 35.9 Å². The molecule has 2 rings (SSSR count). The minimum atomic E-state index is 0. The molecule has 5 nitrogen and oxygen atoms in total. The lowest BCUT2D eigenvalue weighted by atomic mass is 10.1. The number of aromatic nitrogens is 2. The number of piperidine rings is 1. The third-order valence-electron chi connectivity index (χ3n) is 3.50. The zero-order valence-electron chi connectivity index (χ0n) is 12.0. The number of nitrogens with one attached hydrogen (secondary N) is 1. The molecule has 1 fully saturated rings. The predicted octanol–water partition coefficient (Wildman–Crippen LogP) is 1.64. The number of hydrogen-bond donors (Lipinski definition) is 1. The highest BCUT2D eigenvalue weighted by atomic mass is 35.5. The van der Waals surface area contributed by atoms with Crippen LogP contribution in [0.2, 0.25) is 0 Å². The van der Waals surface area contributed by atoms with Crippen molar-refractivity contribution < 1.29 is 4.79 Å². The molecule has 1 amide bonds. The summed E-state index contributed by atoms with van der Waals surface area (Å²) in [6, 6.07) is 0.453. The van der Waals surface area contributed by atoms with E-state index in [0.29, 0.717) is 19.0 Å². The van der Waals surface area contributed by atoms with Gasteiger partial charge in [-0.15, -0.1) is 24.8 Å².